The first-order valence-corrected chi connectivity index (χ1v) is 8.94. The lowest BCUT2D eigenvalue weighted by molar-refractivity contribution is -0.143. The molecule has 130 valence electrons. The van der Waals surface area contributed by atoms with Gasteiger partial charge in [0.05, 0.1) is 7.11 Å². The van der Waals surface area contributed by atoms with E-state index < -0.39 is 0 Å². The molecule has 1 atom stereocenters. The number of nitrogens with two attached hydrogens (primary N) is 1. The summed E-state index contributed by atoms with van der Waals surface area (Å²) in [6, 6.07) is 11.0. The number of likely N-dealkylation sites (N-methyl/N-ethyl adjacent to an activating group) is 1. The largest absolute Gasteiger partial charge is 0.468 e. The van der Waals surface area contributed by atoms with Crippen LogP contribution in [0.25, 0.3) is 10.8 Å². The Morgan fingerprint density at radius 2 is 1.96 bits per heavy atom. The number of rotatable bonds is 6. The minimum Gasteiger partial charge on any atom is -0.468 e. The third-order valence-electron chi connectivity index (χ3n) is 3.56. The number of hydrogen-bond donors (Lipinski definition) is 2. The average Bonchev–Trinajstić information content (AvgIpc) is 2.63. The molecule has 0 saturated carbocycles. The molecule has 0 amide bonds. The van der Waals surface area contributed by atoms with Gasteiger partial charge >= 0.3 is 5.97 Å². The fourth-order valence-electron chi connectivity index (χ4n) is 2.21. The Morgan fingerprint density at radius 3 is 2.50 bits per heavy atom. The number of methoxy groups -OCH3 is 1. The van der Waals surface area contributed by atoms with E-state index in [2.05, 4.69) is 10.1 Å². The van der Waals surface area contributed by atoms with Crippen LogP contribution in [0.5, 0.6) is 0 Å². The monoisotopic (exact) mass is 348 g/mol. The molecule has 6 heteroatoms. The van der Waals surface area contributed by atoms with Gasteiger partial charge < -0.3 is 15.8 Å². The van der Waals surface area contributed by atoms with Gasteiger partial charge in [-0.05, 0) is 43.0 Å². The highest BCUT2D eigenvalue weighted by atomic mass is 32.2. The molecule has 0 heterocycles. The quantitative estimate of drug-likeness (QED) is 0.475. The Morgan fingerprint density at radius 1 is 1.29 bits per heavy atom. The van der Waals surface area contributed by atoms with Gasteiger partial charge in [-0.3, -0.25) is 9.59 Å². The van der Waals surface area contributed by atoms with Gasteiger partial charge in [-0.25, -0.2) is 0 Å². The molecule has 0 fully saturated rings. The number of ether oxygens (including phenoxy) is 1. The first kappa shape index (κ1) is 20.0. The molecule has 0 saturated heterocycles. The molecule has 24 heavy (non-hydrogen) atoms. The molecule has 0 unspecified atom stereocenters. The van der Waals surface area contributed by atoms with Crippen LogP contribution in [0.4, 0.5) is 5.69 Å². The van der Waals surface area contributed by atoms with Crippen molar-refractivity contribution in [2.45, 2.75) is 12.5 Å². The smallest absolute Gasteiger partial charge is 0.322 e. The highest BCUT2D eigenvalue weighted by molar-refractivity contribution is 7.98. The number of hydrogen-bond acceptors (Lipinski definition) is 6. The molecular weight excluding hydrogens is 324 g/mol. The maximum Gasteiger partial charge on any atom is 0.322 e. The van der Waals surface area contributed by atoms with Gasteiger partial charge in [-0.2, -0.15) is 11.8 Å². The lowest BCUT2D eigenvalue weighted by atomic mass is 10.0. The van der Waals surface area contributed by atoms with Gasteiger partial charge in [-0.1, -0.05) is 24.3 Å². The summed E-state index contributed by atoms with van der Waals surface area (Å²) >= 11 is 1.73. The number of nitrogens with one attached hydrogen (secondary N) is 1. The van der Waals surface area contributed by atoms with E-state index >= 15 is 0 Å². The molecular formula is C18H24N2O3S. The summed E-state index contributed by atoms with van der Waals surface area (Å²) in [7, 11) is 3.17. The topological polar surface area (TPSA) is 81.4 Å². The molecule has 0 aliphatic heterocycles. The highest BCUT2D eigenvalue weighted by Gasteiger charge is 2.15. The summed E-state index contributed by atoms with van der Waals surface area (Å²) < 4.78 is 4.59. The average molecular weight is 348 g/mol. The molecule has 2 rings (SSSR count). The van der Waals surface area contributed by atoms with Crippen molar-refractivity contribution in [2.75, 3.05) is 31.9 Å². The van der Waals surface area contributed by atoms with Crippen LogP contribution in [0.2, 0.25) is 0 Å². The number of carbonyl (C=O) groups is 2. The normalized spacial score (nSPS) is 11.3. The maximum absolute atomic E-state index is 11.0. The van der Waals surface area contributed by atoms with Crippen LogP contribution in [0.1, 0.15) is 16.8 Å². The van der Waals surface area contributed by atoms with Crippen LogP contribution in [0, 0.1) is 0 Å². The SMILES string of the molecule is CN[C@@H](CCSC)C(=O)OC.Nc1ccc(C=O)c2ccccc12. The van der Waals surface area contributed by atoms with Crippen molar-refractivity contribution >= 4 is 40.5 Å². The Kier molecular flexibility index (Phi) is 8.89. The number of anilines is 1. The van der Waals surface area contributed by atoms with E-state index in [-0.39, 0.29) is 12.0 Å². The van der Waals surface area contributed by atoms with E-state index in [1.54, 1.807) is 30.9 Å². The van der Waals surface area contributed by atoms with Gasteiger partial charge in [0.25, 0.3) is 0 Å². The summed E-state index contributed by atoms with van der Waals surface area (Å²) in [6.07, 6.45) is 3.69. The van der Waals surface area contributed by atoms with Gasteiger partial charge in [0, 0.05) is 16.6 Å². The molecule has 0 spiro atoms. The van der Waals surface area contributed by atoms with E-state index in [0.717, 1.165) is 29.2 Å². The predicted molar refractivity (Wildman–Crippen MR) is 102 cm³/mol. The third kappa shape index (κ3) is 5.54. The van der Waals surface area contributed by atoms with Crippen molar-refractivity contribution in [2.24, 2.45) is 0 Å². The summed E-state index contributed by atoms with van der Waals surface area (Å²) in [5.74, 6) is 0.794. The fraction of sp³-hybridized carbons (Fsp3) is 0.333. The minimum absolute atomic E-state index is 0.146. The van der Waals surface area contributed by atoms with E-state index in [9.17, 15) is 9.59 Å². The van der Waals surface area contributed by atoms with E-state index in [4.69, 9.17) is 5.73 Å². The van der Waals surface area contributed by atoms with Crippen LogP contribution < -0.4 is 11.1 Å². The lowest BCUT2D eigenvalue weighted by Crippen LogP contribution is -2.35. The molecule has 0 radical (unpaired) electrons. The van der Waals surface area contributed by atoms with Gasteiger partial charge in [0.1, 0.15) is 6.04 Å². The van der Waals surface area contributed by atoms with Gasteiger partial charge in [0.15, 0.2) is 6.29 Å². The number of nitrogen functional groups attached to an aromatic ring is 1. The highest BCUT2D eigenvalue weighted by Crippen LogP contribution is 2.23. The molecule has 0 aliphatic rings. The zero-order chi connectivity index (χ0) is 17.9. The van der Waals surface area contributed by atoms with Crippen molar-refractivity contribution in [3.8, 4) is 0 Å². The summed E-state index contributed by atoms with van der Waals surface area (Å²) in [4.78, 5) is 21.6. The van der Waals surface area contributed by atoms with Crippen molar-refractivity contribution in [3.63, 3.8) is 0 Å². The Balaban J connectivity index is 0.000000245. The summed E-state index contributed by atoms with van der Waals surface area (Å²) in [6.45, 7) is 0. The molecule has 5 nitrogen and oxygen atoms in total. The Labute approximate surface area is 146 Å². The number of thioether (sulfide) groups is 1. The second-order valence-corrected chi connectivity index (χ2v) is 6.04. The summed E-state index contributed by atoms with van der Waals surface area (Å²) in [5, 5.41) is 4.75. The number of esters is 1. The van der Waals surface area contributed by atoms with Crippen LogP contribution in [0.15, 0.2) is 36.4 Å². The number of carbonyl (C=O) groups excluding carboxylic acids is 2. The second kappa shape index (κ2) is 10.7. The van der Waals surface area contributed by atoms with E-state index in [1.807, 2.05) is 30.5 Å². The zero-order valence-corrected chi connectivity index (χ0v) is 15.1. The predicted octanol–water partition coefficient (Wildman–Crippen LogP) is 2.74. The fourth-order valence-corrected chi connectivity index (χ4v) is 2.68. The third-order valence-corrected chi connectivity index (χ3v) is 4.21. The molecule has 3 N–H and O–H groups in total. The van der Waals surface area contributed by atoms with Crippen LogP contribution >= 0.6 is 11.8 Å². The van der Waals surface area contributed by atoms with E-state index in [1.165, 1.54) is 7.11 Å². The van der Waals surface area contributed by atoms with Crippen molar-refractivity contribution in [1.82, 2.24) is 5.32 Å². The summed E-state index contributed by atoms with van der Waals surface area (Å²) in [5.41, 5.74) is 7.16. The van der Waals surface area contributed by atoms with Gasteiger partial charge in [0.2, 0.25) is 0 Å². The van der Waals surface area contributed by atoms with Crippen molar-refractivity contribution in [3.05, 3.63) is 42.0 Å². The lowest BCUT2D eigenvalue weighted by Gasteiger charge is -2.11. The van der Waals surface area contributed by atoms with Crippen LogP contribution in [-0.4, -0.2) is 44.5 Å². The molecule has 2 aromatic rings. The van der Waals surface area contributed by atoms with Crippen molar-refractivity contribution < 1.29 is 14.3 Å². The first-order valence-electron chi connectivity index (χ1n) is 7.55. The van der Waals surface area contributed by atoms with Crippen LogP contribution in [-0.2, 0) is 9.53 Å². The Bertz CT molecular complexity index is 676. The zero-order valence-electron chi connectivity index (χ0n) is 14.2. The van der Waals surface area contributed by atoms with Crippen LogP contribution in [0.3, 0.4) is 0 Å². The number of benzene rings is 2. The molecule has 0 bridgehead atoms. The number of aldehydes is 1. The Hall–Kier alpha value is -2.05. The minimum atomic E-state index is -0.179. The van der Waals surface area contributed by atoms with Crippen molar-refractivity contribution in [1.29, 1.82) is 0 Å². The number of fused-ring (bicyclic) bond motifs is 1. The maximum atomic E-state index is 11.0. The standard InChI is InChI=1S/C11H9NO.C7H15NO2S/c12-11-6-5-8(7-13)9-3-1-2-4-10(9)11;1-8-6(4-5-11-3)7(9)10-2/h1-7H,12H2;6,8H,4-5H2,1-3H3/t;6-/m.0/s1. The molecule has 2 aromatic carbocycles. The molecule has 0 aliphatic carbocycles. The second-order valence-electron chi connectivity index (χ2n) is 5.05. The van der Waals surface area contributed by atoms with Gasteiger partial charge in [-0.15, -0.1) is 0 Å². The molecule has 0 aromatic heterocycles. The van der Waals surface area contributed by atoms with E-state index in [0.29, 0.717) is 11.3 Å². The first-order chi connectivity index (χ1) is 11.6.